The van der Waals surface area contributed by atoms with Crippen LogP contribution in [0, 0.1) is 0 Å². The van der Waals surface area contributed by atoms with Crippen molar-refractivity contribution in [2.45, 2.75) is 31.9 Å². The predicted octanol–water partition coefficient (Wildman–Crippen LogP) is 6.03. The molecule has 2 aromatic carbocycles. The molecule has 3 rings (SSSR count). The fourth-order valence-corrected chi connectivity index (χ4v) is 4.16. The molecule has 0 radical (unpaired) electrons. The highest BCUT2D eigenvalue weighted by atomic mass is 32.2. The summed E-state index contributed by atoms with van der Waals surface area (Å²) in [6.45, 7) is 3.96. The number of hydrogen-bond acceptors (Lipinski definition) is 5. The Balaban J connectivity index is 1.90. The van der Waals surface area contributed by atoms with Gasteiger partial charge in [0.05, 0.1) is 30.2 Å². The number of hydrogen-bond donors (Lipinski definition) is 0. The van der Waals surface area contributed by atoms with Gasteiger partial charge in [-0.3, -0.25) is 4.79 Å². The molecular weight excluding hydrogens is 394 g/mol. The molecule has 0 saturated heterocycles. The molecule has 30 heavy (non-hydrogen) atoms. The van der Waals surface area contributed by atoms with Crippen molar-refractivity contribution in [3.05, 3.63) is 71.8 Å². The van der Waals surface area contributed by atoms with Crippen LogP contribution in [0.25, 0.3) is 11.3 Å². The minimum absolute atomic E-state index is 0.119. The molecule has 0 aromatic heterocycles. The van der Waals surface area contributed by atoms with Gasteiger partial charge in [0.15, 0.2) is 5.78 Å². The van der Waals surface area contributed by atoms with E-state index >= 15 is 0 Å². The topological polar surface area (TPSA) is 47.9 Å². The van der Waals surface area contributed by atoms with E-state index in [1.807, 2.05) is 56.3 Å². The van der Waals surface area contributed by atoms with Crippen molar-refractivity contribution in [3.63, 3.8) is 0 Å². The molecule has 0 N–H and O–H groups in total. The third kappa shape index (κ3) is 5.22. The Morgan fingerprint density at radius 2 is 1.60 bits per heavy atom. The molecule has 1 aliphatic heterocycles. The van der Waals surface area contributed by atoms with Crippen molar-refractivity contribution in [3.8, 4) is 11.5 Å². The van der Waals surface area contributed by atoms with Crippen LogP contribution < -0.4 is 9.47 Å². The minimum atomic E-state index is -0.168. The molecular formula is C25H27NO3S. The summed E-state index contributed by atoms with van der Waals surface area (Å²) in [5, 5.41) is 0.788. The second-order valence-corrected chi connectivity index (χ2v) is 8.35. The predicted molar refractivity (Wildman–Crippen MR) is 126 cm³/mol. The Hall–Kier alpha value is -2.79. The lowest BCUT2D eigenvalue weighted by molar-refractivity contribution is -0.113. The molecule has 0 saturated carbocycles. The summed E-state index contributed by atoms with van der Waals surface area (Å²) >= 11 is 1.54. The number of carbonyl (C=O) groups excluding carboxylic acids is 1. The number of aliphatic imine (C=N–C) groups is 1. The van der Waals surface area contributed by atoms with Crippen LogP contribution in [0.5, 0.6) is 11.5 Å². The van der Waals surface area contributed by atoms with Crippen molar-refractivity contribution in [1.29, 1.82) is 0 Å². The van der Waals surface area contributed by atoms with Crippen molar-refractivity contribution in [2.75, 3.05) is 14.2 Å². The summed E-state index contributed by atoms with van der Waals surface area (Å²) in [7, 11) is 3.32. The third-order valence-electron chi connectivity index (χ3n) is 4.88. The SMILES string of the molecule is CC/C=C/C(=O)C(C)SC1=NC(c2ccc(OC)cc2)=C(c2ccc(OC)cc2)C1. The van der Waals surface area contributed by atoms with E-state index in [0.29, 0.717) is 6.42 Å². The first-order valence-electron chi connectivity index (χ1n) is 10.0. The maximum absolute atomic E-state index is 12.3. The Kier molecular flexibility index (Phi) is 7.52. The van der Waals surface area contributed by atoms with E-state index in [4.69, 9.17) is 14.5 Å². The van der Waals surface area contributed by atoms with Crippen molar-refractivity contribution in [2.24, 2.45) is 4.99 Å². The highest BCUT2D eigenvalue weighted by Crippen LogP contribution is 2.39. The van der Waals surface area contributed by atoms with Crippen LogP contribution in [0.4, 0.5) is 0 Å². The molecule has 0 spiro atoms. The van der Waals surface area contributed by atoms with Crippen LogP contribution in [0.15, 0.2) is 65.7 Å². The average molecular weight is 422 g/mol. The Bertz CT molecular complexity index is 972. The maximum Gasteiger partial charge on any atom is 0.168 e. The van der Waals surface area contributed by atoms with Crippen LogP contribution in [-0.4, -0.2) is 30.3 Å². The van der Waals surface area contributed by atoms with E-state index in [2.05, 4.69) is 12.1 Å². The highest BCUT2D eigenvalue weighted by molar-refractivity contribution is 8.15. The van der Waals surface area contributed by atoms with Gasteiger partial charge in [-0.1, -0.05) is 36.9 Å². The van der Waals surface area contributed by atoms with Gasteiger partial charge in [0, 0.05) is 12.0 Å². The number of ether oxygens (including phenoxy) is 2. The van der Waals surface area contributed by atoms with Crippen molar-refractivity contribution in [1.82, 2.24) is 0 Å². The summed E-state index contributed by atoms with van der Waals surface area (Å²) in [5.41, 5.74) is 4.22. The molecule has 0 bridgehead atoms. The van der Waals surface area contributed by atoms with Gasteiger partial charge in [-0.05, 0) is 67.0 Å². The summed E-state index contributed by atoms with van der Waals surface area (Å²) < 4.78 is 10.6. The van der Waals surface area contributed by atoms with Gasteiger partial charge in [-0.15, -0.1) is 0 Å². The zero-order valence-corrected chi connectivity index (χ0v) is 18.7. The minimum Gasteiger partial charge on any atom is -0.497 e. The van der Waals surface area contributed by atoms with Gasteiger partial charge < -0.3 is 9.47 Å². The van der Waals surface area contributed by atoms with Crippen LogP contribution in [0.1, 0.15) is 37.8 Å². The standard InChI is InChI=1S/C25H27NO3S/c1-5-6-7-23(27)17(2)30-24-16-22(18-8-12-20(28-3)13-9-18)25(26-24)19-10-14-21(29-4)15-11-19/h6-15,17H,5,16H2,1-4H3/b7-6+. The smallest absolute Gasteiger partial charge is 0.168 e. The van der Waals surface area contributed by atoms with E-state index in [9.17, 15) is 4.79 Å². The molecule has 1 unspecified atom stereocenters. The van der Waals surface area contributed by atoms with Gasteiger partial charge in [0.25, 0.3) is 0 Å². The number of rotatable bonds is 8. The molecule has 4 nitrogen and oxygen atoms in total. The van der Waals surface area contributed by atoms with Crippen molar-refractivity contribution >= 4 is 33.9 Å². The Labute approximate surface area is 182 Å². The molecule has 1 aliphatic rings. The molecule has 0 aliphatic carbocycles. The van der Waals surface area contributed by atoms with Gasteiger partial charge in [-0.25, -0.2) is 4.99 Å². The fraction of sp³-hybridized carbons (Fsp3) is 0.280. The maximum atomic E-state index is 12.3. The van der Waals surface area contributed by atoms with Gasteiger partial charge >= 0.3 is 0 Å². The van der Waals surface area contributed by atoms with Gasteiger partial charge in [0.1, 0.15) is 11.5 Å². The molecule has 1 atom stereocenters. The van der Waals surface area contributed by atoms with Gasteiger partial charge in [0.2, 0.25) is 0 Å². The normalized spacial score (nSPS) is 14.7. The summed E-state index contributed by atoms with van der Waals surface area (Å²) in [6, 6.07) is 16.0. The number of benzene rings is 2. The lowest BCUT2D eigenvalue weighted by Crippen LogP contribution is -2.12. The van der Waals surface area contributed by atoms with E-state index in [0.717, 1.165) is 45.4 Å². The number of nitrogens with zero attached hydrogens (tertiary/aromatic N) is 1. The van der Waals surface area contributed by atoms with Crippen molar-refractivity contribution < 1.29 is 14.3 Å². The molecule has 0 amide bonds. The first-order valence-corrected chi connectivity index (χ1v) is 10.9. The first kappa shape index (κ1) is 21.9. The second kappa shape index (κ2) is 10.3. The van der Waals surface area contributed by atoms with E-state index in [1.54, 1.807) is 20.3 Å². The van der Waals surface area contributed by atoms with Crippen LogP contribution in [0.2, 0.25) is 0 Å². The zero-order valence-electron chi connectivity index (χ0n) is 17.8. The largest absolute Gasteiger partial charge is 0.497 e. The monoisotopic (exact) mass is 421 g/mol. The molecule has 1 heterocycles. The third-order valence-corrected chi connectivity index (χ3v) is 5.98. The summed E-state index contributed by atoms with van der Waals surface area (Å²) in [4.78, 5) is 17.3. The fourth-order valence-electron chi connectivity index (χ4n) is 3.18. The van der Waals surface area contributed by atoms with Crippen LogP contribution in [-0.2, 0) is 4.79 Å². The Morgan fingerprint density at radius 1 is 1.03 bits per heavy atom. The van der Waals surface area contributed by atoms with E-state index in [-0.39, 0.29) is 11.0 Å². The molecule has 2 aromatic rings. The zero-order chi connectivity index (χ0) is 21.5. The quantitative estimate of drug-likeness (QED) is 0.488. The number of ketones is 1. The summed E-state index contributed by atoms with van der Waals surface area (Å²) in [5.74, 6) is 1.75. The van der Waals surface area contributed by atoms with Gasteiger partial charge in [-0.2, -0.15) is 0 Å². The number of methoxy groups -OCH3 is 2. The summed E-state index contributed by atoms with van der Waals surface area (Å²) in [6.07, 6.45) is 5.14. The van der Waals surface area contributed by atoms with E-state index < -0.39 is 0 Å². The second-order valence-electron chi connectivity index (χ2n) is 6.94. The van der Waals surface area contributed by atoms with Crippen LogP contribution in [0.3, 0.4) is 0 Å². The lowest BCUT2D eigenvalue weighted by atomic mass is 9.99. The lowest BCUT2D eigenvalue weighted by Gasteiger charge is -2.09. The Morgan fingerprint density at radius 3 is 2.13 bits per heavy atom. The van der Waals surface area contributed by atoms with E-state index in [1.165, 1.54) is 11.8 Å². The highest BCUT2D eigenvalue weighted by Gasteiger charge is 2.24. The first-order chi connectivity index (χ1) is 14.5. The molecule has 0 fully saturated rings. The number of carbonyl (C=O) groups is 1. The molecule has 5 heteroatoms. The number of thioether (sulfide) groups is 1. The number of allylic oxidation sites excluding steroid dienone is 3. The molecule has 156 valence electrons. The average Bonchev–Trinajstić information content (AvgIpc) is 3.21. The van der Waals surface area contributed by atoms with Crippen LogP contribution >= 0.6 is 11.8 Å².